The fourth-order valence-corrected chi connectivity index (χ4v) is 3.92. The van der Waals surface area contributed by atoms with Crippen molar-refractivity contribution in [1.82, 2.24) is 25.2 Å². The number of amides is 2. The SMILES string of the molecule is O=C(NCCc1cnc[nH]1)c1ccc(N2CCN(C(=O)Cc3c(F)cccc3Cl)CC2)nc1. The van der Waals surface area contributed by atoms with Crippen molar-refractivity contribution in [3.8, 4) is 0 Å². The Kier molecular flexibility index (Phi) is 7.19. The molecule has 1 fully saturated rings. The van der Waals surface area contributed by atoms with Crippen molar-refractivity contribution in [2.75, 3.05) is 37.6 Å². The number of carbonyl (C=O) groups excluding carboxylic acids is 2. The van der Waals surface area contributed by atoms with Crippen molar-refractivity contribution in [2.45, 2.75) is 12.8 Å². The largest absolute Gasteiger partial charge is 0.353 e. The number of hydrogen-bond donors (Lipinski definition) is 2. The number of imidazole rings is 1. The monoisotopic (exact) mass is 470 g/mol. The summed E-state index contributed by atoms with van der Waals surface area (Å²) in [6.07, 6.45) is 5.50. The van der Waals surface area contributed by atoms with Crippen LogP contribution in [-0.4, -0.2) is 64.4 Å². The Morgan fingerprint density at radius 1 is 1.12 bits per heavy atom. The lowest BCUT2D eigenvalue weighted by Gasteiger charge is -2.35. The van der Waals surface area contributed by atoms with Gasteiger partial charge in [0.05, 0.1) is 18.3 Å². The van der Waals surface area contributed by atoms with Gasteiger partial charge in [0.2, 0.25) is 5.91 Å². The first-order chi connectivity index (χ1) is 16.0. The molecule has 0 atom stereocenters. The summed E-state index contributed by atoms with van der Waals surface area (Å²) in [5.74, 6) is -0.0649. The Morgan fingerprint density at radius 2 is 1.94 bits per heavy atom. The number of nitrogens with one attached hydrogen (secondary N) is 2. The Hall–Kier alpha value is -3.46. The molecule has 0 aliphatic carbocycles. The van der Waals surface area contributed by atoms with Crippen LogP contribution < -0.4 is 10.2 Å². The van der Waals surface area contributed by atoms with Gasteiger partial charge < -0.3 is 20.1 Å². The van der Waals surface area contributed by atoms with E-state index in [1.54, 1.807) is 41.8 Å². The summed E-state index contributed by atoms with van der Waals surface area (Å²) in [7, 11) is 0. The minimum atomic E-state index is -0.468. The molecule has 0 radical (unpaired) electrons. The maximum atomic E-state index is 14.0. The van der Waals surface area contributed by atoms with Crippen LogP contribution in [0, 0.1) is 5.82 Å². The van der Waals surface area contributed by atoms with E-state index in [2.05, 4.69) is 25.2 Å². The minimum absolute atomic E-state index is 0.0616. The van der Waals surface area contributed by atoms with Gasteiger partial charge in [0.15, 0.2) is 0 Å². The van der Waals surface area contributed by atoms with Gasteiger partial charge in [-0.15, -0.1) is 0 Å². The number of aromatic nitrogens is 3. The zero-order valence-electron chi connectivity index (χ0n) is 17.9. The smallest absolute Gasteiger partial charge is 0.252 e. The lowest BCUT2D eigenvalue weighted by Crippen LogP contribution is -2.49. The molecule has 0 spiro atoms. The van der Waals surface area contributed by atoms with E-state index in [-0.39, 0.29) is 28.8 Å². The van der Waals surface area contributed by atoms with Crippen molar-refractivity contribution in [3.05, 3.63) is 76.7 Å². The van der Waals surface area contributed by atoms with E-state index < -0.39 is 5.82 Å². The minimum Gasteiger partial charge on any atom is -0.353 e. The highest BCUT2D eigenvalue weighted by Gasteiger charge is 2.23. The third-order valence-corrected chi connectivity index (χ3v) is 5.94. The summed E-state index contributed by atoms with van der Waals surface area (Å²) in [5, 5.41) is 3.12. The molecule has 3 heterocycles. The fourth-order valence-electron chi connectivity index (χ4n) is 3.69. The molecule has 172 valence electrons. The number of hydrogen-bond acceptors (Lipinski definition) is 5. The average molecular weight is 471 g/mol. The number of pyridine rings is 1. The van der Waals surface area contributed by atoms with Crippen LogP contribution in [0.25, 0.3) is 0 Å². The predicted octanol–water partition coefficient (Wildman–Crippen LogP) is 2.46. The normalized spacial score (nSPS) is 13.8. The van der Waals surface area contributed by atoms with Crippen LogP contribution in [0.3, 0.4) is 0 Å². The van der Waals surface area contributed by atoms with E-state index in [1.807, 2.05) is 0 Å². The van der Waals surface area contributed by atoms with E-state index >= 15 is 0 Å². The molecule has 1 aromatic carbocycles. The highest BCUT2D eigenvalue weighted by atomic mass is 35.5. The van der Waals surface area contributed by atoms with Gasteiger partial charge in [-0.05, 0) is 24.3 Å². The molecule has 10 heteroatoms. The molecule has 1 aliphatic rings. The van der Waals surface area contributed by atoms with Gasteiger partial charge >= 0.3 is 0 Å². The Morgan fingerprint density at radius 3 is 2.61 bits per heavy atom. The van der Waals surface area contributed by atoms with Gasteiger partial charge in [0, 0.05) is 67.8 Å². The maximum absolute atomic E-state index is 14.0. The standard InChI is InChI=1S/C23H24ClFN6O2/c24-19-2-1-3-20(25)18(19)12-22(32)31-10-8-30(9-11-31)21-5-4-16(13-28-21)23(33)27-7-6-17-14-26-15-29-17/h1-5,13-15H,6-12H2,(H,26,29)(H,27,33). The molecule has 0 bridgehead atoms. The first kappa shape index (κ1) is 22.7. The van der Waals surface area contributed by atoms with Gasteiger partial charge in [-0.3, -0.25) is 9.59 Å². The molecule has 8 nitrogen and oxygen atoms in total. The molecular weight excluding hydrogens is 447 g/mol. The summed E-state index contributed by atoms with van der Waals surface area (Å²) < 4.78 is 14.0. The molecule has 1 aliphatic heterocycles. The summed E-state index contributed by atoms with van der Waals surface area (Å²) >= 11 is 6.04. The molecule has 3 aromatic rings. The van der Waals surface area contributed by atoms with E-state index in [1.165, 1.54) is 12.1 Å². The van der Waals surface area contributed by atoms with Gasteiger partial charge in [0.25, 0.3) is 5.91 Å². The number of carbonyl (C=O) groups is 2. The lowest BCUT2D eigenvalue weighted by molar-refractivity contribution is -0.130. The van der Waals surface area contributed by atoms with Crippen molar-refractivity contribution in [3.63, 3.8) is 0 Å². The van der Waals surface area contributed by atoms with E-state index in [0.717, 1.165) is 11.5 Å². The predicted molar refractivity (Wildman–Crippen MR) is 123 cm³/mol. The summed E-state index contributed by atoms with van der Waals surface area (Å²) in [4.78, 5) is 40.0. The van der Waals surface area contributed by atoms with E-state index in [0.29, 0.717) is 44.7 Å². The van der Waals surface area contributed by atoms with Gasteiger partial charge in [0.1, 0.15) is 11.6 Å². The van der Waals surface area contributed by atoms with Crippen LogP contribution in [0.1, 0.15) is 21.6 Å². The third kappa shape index (κ3) is 5.67. The molecule has 4 rings (SSSR count). The lowest BCUT2D eigenvalue weighted by atomic mass is 10.1. The second-order valence-corrected chi connectivity index (χ2v) is 8.14. The number of anilines is 1. The quantitative estimate of drug-likeness (QED) is 0.553. The Bertz CT molecular complexity index is 1080. The van der Waals surface area contributed by atoms with Crippen molar-refractivity contribution >= 4 is 29.2 Å². The maximum Gasteiger partial charge on any atom is 0.252 e. The molecule has 2 amide bonds. The molecule has 0 saturated carbocycles. The van der Waals surface area contributed by atoms with Gasteiger partial charge in [-0.25, -0.2) is 14.4 Å². The van der Waals surface area contributed by atoms with E-state index in [4.69, 9.17) is 11.6 Å². The highest BCUT2D eigenvalue weighted by molar-refractivity contribution is 6.31. The zero-order valence-corrected chi connectivity index (χ0v) is 18.7. The van der Waals surface area contributed by atoms with Crippen LogP contribution in [-0.2, 0) is 17.6 Å². The molecule has 1 saturated heterocycles. The third-order valence-electron chi connectivity index (χ3n) is 5.59. The summed E-state index contributed by atoms with van der Waals surface area (Å²) in [6.45, 7) is 2.70. The van der Waals surface area contributed by atoms with Crippen LogP contribution in [0.5, 0.6) is 0 Å². The van der Waals surface area contributed by atoms with Crippen molar-refractivity contribution in [2.24, 2.45) is 0 Å². The van der Waals surface area contributed by atoms with Crippen LogP contribution in [0.2, 0.25) is 5.02 Å². The molecule has 0 unspecified atom stereocenters. The molecule has 33 heavy (non-hydrogen) atoms. The number of aromatic amines is 1. The first-order valence-corrected chi connectivity index (χ1v) is 11.1. The number of benzene rings is 1. The first-order valence-electron chi connectivity index (χ1n) is 10.7. The number of halogens is 2. The average Bonchev–Trinajstić information content (AvgIpc) is 3.35. The number of rotatable bonds is 7. The fraction of sp³-hybridized carbons (Fsp3) is 0.304. The van der Waals surface area contributed by atoms with Crippen molar-refractivity contribution < 1.29 is 14.0 Å². The highest BCUT2D eigenvalue weighted by Crippen LogP contribution is 2.21. The number of nitrogens with zero attached hydrogens (tertiary/aromatic N) is 4. The van der Waals surface area contributed by atoms with E-state index in [9.17, 15) is 14.0 Å². The second-order valence-electron chi connectivity index (χ2n) is 7.73. The molecule has 2 aromatic heterocycles. The summed E-state index contributed by atoms with van der Waals surface area (Å²) in [5.41, 5.74) is 1.67. The Balaban J connectivity index is 1.26. The number of piperazine rings is 1. The Labute approximate surface area is 195 Å². The van der Waals surface area contributed by atoms with Crippen LogP contribution >= 0.6 is 11.6 Å². The van der Waals surface area contributed by atoms with Crippen molar-refractivity contribution in [1.29, 1.82) is 0 Å². The van der Waals surface area contributed by atoms with Crippen LogP contribution in [0.4, 0.5) is 10.2 Å². The van der Waals surface area contributed by atoms with Gasteiger partial charge in [-0.2, -0.15) is 0 Å². The van der Waals surface area contributed by atoms with Gasteiger partial charge in [-0.1, -0.05) is 17.7 Å². The second kappa shape index (κ2) is 10.4. The van der Waals surface area contributed by atoms with Crippen LogP contribution in [0.15, 0.2) is 49.1 Å². The number of H-pyrrole nitrogens is 1. The zero-order chi connectivity index (χ0) is 23.2. The topological polar surface area (TPSA) is 94.2 Å². The molecule has 2 N–H and O–H groups in total. The summed E-state index contributed by atoms with van der Waals surface area (Å²) in [6, 6.07) is 7.96. The molecular formula is C23H24ClFN6O2.